The van der Waals surface area contributed by atoms with E-state index in [0.717, 1.165) is 25.9 Å². The normalized spacial score (nSPS) is 19.4. The fourth-order valence-electron chi connectivity index (χ4n) is 2.10. The van der Waals surface area contributed by atoms with Crippen molar-refractivity contribution >= 4 is 5.91 Å². The number of carbonyl (C=O) groups excluding carboxylic acids is 1. The Kier molecular flexibility index (Phi) is 3.99. The van der Waals surface area contributed by atoms with Crippen molar-refractivity contribution in [2.45, 2.75) is 12.8 Å². The van der Waals surface area contributed by atoms with Crippen LogP contribution in [0.3, 0.4) is 0 Å². The van der Waals surface area contributed by atoms with Crippen LogP contribution in [0.2, 0.25) is 0 Å². The largest absolute Gasteiger partial charge is 0.494 e. The summed E-state index contributed by atoms with van der Waals surface area (Å²) in [6.07, 6.45) is 2.21. The van der Waals surface area contributed by atoms with Crippen molar-refractivity contribution in [3.05, 3.63) is 28.0 Å². The Morgan fingerprint density at radius 3 is 3.00 bits per heavy atom. The molecule has 1 saturated heterocycles. The zero-order valence-electron chi connectivity index (χ0n) is 10.0. The molecule has 0 saturated carbocycles. The van der Waals surface area contributed by atoms with Crippen molar-refractivity contribution in [2.75, 3.05) is 19.6 Å². The Bertz CT molecular complexity index is 478. The third-order valence-corrected chi connectivity index (χ3v) is 3.04. The molecule has 0 spiro atoms. The molecule has 2 rings (SSSR count). The molecule has 1 aliphatic rings. The zero-order chi connectivity index (χ0) is 13.0. The van der Waals surface area contributed by atoms with E-state index in [2.05, 4.69) is 15.6 Å². The van der Waals surface area contributed by atoms with E-state index < -0.39 is 5.56 Å². The fraction of sp³-hybridized carbons (Fsp3) is 0.500. The van der Waals surface area contributed by atoms with Gasteiger partial charge in [0.05, 0.1) is 5.56 Å². The SMILES string of the molecule is O=C(NCC1CCCNC1)c1cc(O)[nH]c(=O)c1. The van der Waals surface area contributed by atoms with Gasteiger partial charge >= 0.3 is 0 Å². The van der Waals surface area contributed by atoms with Crippen molar-refractivity contribution in [3.63, 3.8) is 0 Å². The highest BCUT2D eigenvalue weighted by atomic mass is 16.3. The van der Waals surface area contributed by atoms with Crippen molar-refractivity contribution in [3.8, 4) is 5.88 Å². The van der Waals surface area contributed by atoms with Crippen LogP contribution < -0.4 is 16.2 Å². The number of aromatic nitrogens is 1. The molecule has 6 heteroatoms. The Balaban J connectivity index is 1.92. The molecule has 1 aromatic heterocycles. The topological polar surface area (TPSA) is 94.2 Å². The maximum Gasteiger partial charge on any atom is 0.251 e. The molecule has 1 aromatic rings. The lowest BCUT2D eigenvalue weighted by Crippen LogP contribution is -2.38. The van der Waals surface area contributed by atoms with Gasteiger partial charge in [-0.05, 0) is 31.8 Å². The van der Waals surface area contributed by atoms with E-state index in [0.29, 0.717) is 12.5 Å². The van der Waals surface area contributed by atoms with Gasteiger partial charge in [0, 0.05) is 18.7 Å². The number of aromatic hydroxyl groups is 1. The minimum Gasteiger partial charge on any atom is -0.494 e. The summed E-state index contributed by atoms with van der Waals surface area (Å²) in [6.45, 7) is 2.52. The van der Waals surface area contributed by atoms with Gasteiger partial charge < -0.3 is 15.7 Å². The van der Waals surface area contributed by atoms with Crippen molar-refractivity contribution in [2.24, 2.45) is 5.92 Å². The molecule has 18 heavy (non-hydrogen) atoms. The van der Waals surface area contributed by atoms with Gasteiger partial charge in [0.1, 0.15) is 0 Å². The predicted octanol–water partition coefficient (Wildman–Crippen LogP) is -0.190. The number of rotatable bonds is 3. The molecular formula is C12H17N3O3. The summed E-state index contributed by atoms with van der Waals surface area (Å²) in [6, 6.07) is 2.42. The minimum absolute atomic E-state index is 0.181. The van der Waals surface area contributed by atoms with Gasteiger partial charge in [-0.2, -0.15) is 0 Å². The van der Waals surface area contributed by atoms with Crippen LogP contribution in [0, 0.1) is 5.92 Å². The molecule has 4 N–H and O–H groups in total. The number of H-pyrrole nitrogens is 1. The van der Waals surface area contributed by atoms with Gasteiger partial charge in [-0.3, -0.25) is 14.6 Å². The first-order chi connectivity index (χ1) is 8.65. The van der Waals surface area contributed by atoms with Gasteiger partial charge in [-0.15, -0.1) is 0 Å². The van der Waals surface area contributed by atoms with E-state index in [4.69, 9.17) is 0 Å². The van der Waals surface area contributed by atoms with E-state index in [9.17, 15) is 14.7 Å². The summed E-state index contributed by atoms with van der Waals surface area (Å²) >= 11 is 0. The number of hydrogen-bond acceptors (Lipinski definition) is 4. The van der Waals surface area contributed by atoms with E-state index in [1.54, 1.807) is 0 Å². The first kappa shape index (κ1) is 12.6. The summed E-state index contributed by atoms with van der Waals surface area (Å²) in [4.78, 5) is 25.1. The third kappa shape index (κ3) is 3.33. The van der Waals surface area contributed by atoms with Crippen LogP contribution in [0.4, 0.5) is 0 Å². The molecule has 1 atom stereocenters. The highest BCUT2D eigenvalue weighted by Crippen LogP contribution is 2.09. The van der Waals surface area contributed by atoms with E-state index in [1.807, 2.05) is 0 Å². The van der Waals surface area contributed by atoms with Crippen LogP contribution in [-0.2, 0) is 0 Å². The smallest absolute Gasteiger partial charge is 0.251 e. The van der Waals surface area contributed by atoms with Crippen LogP contribution in [0.5, 0.6) is 5.88 Å². The first-order valence-electron chi connectivity index (χ1n) is 6.07. The Labute approximate surface area is 104 Å². The summed E-state index contributed by atoms with van der Waals surface area (Å²) < 4.78 is 0. The molecule has 0 radical (unpaired) electrons. The zero-order valence-corrected chi connectivity index (χ0v) is 10.0. The average molecular weight is 251 g/mol. The first-order valence-corrected chi connectivity index (χ1v) is 6.07. The van der Waals surface area contributed by atoms with Crippen LogP contribution in [0.25, 0.3) is 0 Å². The molecule has 0 aromatic carbocycles. The summed E-state index contributed by atoms with van der Waals surface area (Å²) in [5, 5.41) is 15.3. The van der Waals surface area contributed by atoms with Crippen LogP contribution in [0.1, 0.15) is 23.2 Å². The van der Waals surface area contributed by atoms with Crippen LogP contribution in [-0.4, -0.2) is 35.6 Å². The number of hydrogen-bond donors (Lipinski definition) is 4. The van der Waals surface area contributed by atoms with E-state index >= 15 is 0 Å². The molecule has 2 heterocycles. The quantitative estimate of drug-likeness (QED) is 0.599. The predicted molar refractivity (Wildman–Crippen MR) is 66.7 cm³/mol. The number of aromatic amines is 1. The summed E-state index contributed by atoms with van der Waals surface area (Å²) in [5.74, 6) is -0.202. The minimum atomic E-state index is -0.487. The van der Waals surface area contributed by atoms with Gasteiger partial charge in [-0.25, -0.2) is 0 Å². The molecular weight excluding hydrogens is 234 g/mol. The van der Waals surface area contributed by atoms with Crippen LogP contribution >= 0.6 is 0 Å². The summed E-state index contributed by atoms with van der Waals surface area (Å²) in [7, 11) is 0. The van der Waals surface area contributed by atoms with E-state index in [-0.39, 0.29) is 17.4 Å². The second kappa shape index (κ2) is 5.68. The monoisotopic (exact) mass is 251 g/mol. The second-order valence-electron chi connectivity index (χ2n) is 4.54. The highest BCUT2D eigenvalue weighted by Gasteiger charge is 2.15. The molecule has 1 amide bonds. The lowest BCUT2D eigenvalue weighted by molar-refractivity contribution is 0.0944. The van der Waals surface area contributed by atoms with Crippen LogP contribution in [0.15, 0.2) is 16.9 Å². The maximum absolute atomic E-state index is 11.8. The lowest BCUT2D eigenvalue weighted by Gasteiger charge is -2.22. The van der Waals surface area contributed by atoms with Crippen molar-refractivity contribution < 1.29 is 9.90 Å². The second-order valence-corrected chi connectivity index (χ2v) is 4.54. The molecule has 0 bridgehead atoms. The number of carbonyl (C=O) groups is 1. The molecule has 6 nitrogen and oxygen atoms in total. The number of nitrogens with one attached hydrogen (secondary N) is 3. The van der Waals surface area contributed by atoms with Gasteiger partial charge in [0.2, 0.25) is 0 Å². The number of amides is 1. The number of piperidine rings is 1. The molecule has 0 aliphatic carbocycles. The fourth-order valence-corrected chi connectivity index (χ4v) is 2.10. The average Bonchev–Trinajstić information content (AvgIpc) is 2.36. The highest BCUT2D eigenvalue weighted by molar-refractivity contribution is 5.94. The van der Waals surface area contributed by atoms with Crippen molar-refractivity contribution in [1.82, 2.24) is 15.6 Å². The molecule has 1 unspecified atom stereocenters. The summed E-state index contributed by atoms with van der Waals surface area (Å²) in [5.41, 5.74) is -0.306. The lowest BCUT2D eigenvalue weighted by atomic mass is 10.00. The van der Waals surface area contributed by atoms with E-state index in [1.165, 1.54) is 12.1 Å². The molecule has 1 fully saturated rings. The van der Waals surface area contributed by atoms with Gasteiger partial charge in [0.25, 0.3) is 11.5 Å². The Morgan fingerprint density at radius 2 is 2.33 bits per heavy atom. The number of pyridine rings is 1. The van der Waals surface area contributed by atoms with Crippen molar-refractivity contribution in [1.29, 1.82) is 0 Å². The molecule has 98 valence electrons. The van der Waals surface area contributed by atoms with Gasteiger partial charge in [0.15, 0.2) is 5.88 Å². The molecule has 1 aliphatic heterocycles. The maximum atomic E-state index is 11.8. The van der Waals surface area contributed by atoms with Gasteiger partial charge in [-0.1, -0.05) is 0 Å². The third-order valence-electron chi connectivity index (χ3n) is 3.04. The Hall–Kier alpha value is -1.82. The Morgan fingerprint density at radius 1 is 1.50 bits per heavy atom. The standard InChI is InChI=1S/C12H17N3O3/c16-10-4-9(5-11(17)15-10)12(18)14-7-8-2-1-3-13-6-8/h4-5,8,13H,1-3,6-7H2,(H,14,18)(H2,15,16,17).